The lowest BCUT2D eigenvalue weighted by Crippen LogP contribution is -1.96. The molecule has 0 saturated heterocycles. The molecule has 0 aliphatic heterocycles. The third kappa shape index (κ3) is 5.74. The average molecular weight is 727 g/mol. The first kappa shape index (κ1) is 32.7. The molecule has 0 saturated carbocycles. The number of rotatable bonds is 6. The van der Waals surface area contributed by atoms with Gasteiger partial charge in [0.25, 0.3) is 0 Å². The maximum absolute atomic E-state index is 5.46. The smallest absolute Gasteiger partial charge is 0.160 e. The van der Waals surface area contributed by atoms with E-state index in [1.54, 1.807) is 0 Å². The first-order valence-corrected chi connectivity index (χ1v) is 19.3. The minimum atomic E-state index is 0.702. The molecule has 0 atom stereocenters. The number of hydrogen-bond donors (Lipinski definition) is 0. The molecule has 0 spiro atoms. The molecule has 11 rings (SSSR count). The predicted molar refractivity (Wildman–Crippen MR) is 236 cm³/mol. The van der Waals surface area contributed by atoms with Crippen molar-refractivity contribution in [2.75, 3.05) is 0 Å². The normalized spacial score (nSPS) is 11.5. The number of fused-ring (bicyclic) bond motifs is 6. The van der Waals surface area contributed by atoms with E-state index >= 15 is 0 Å². The van der Waals surface area contributed by atoms with Gasteiger partial charge in [-0.05, 0) is 65.0 Å². The Morgan fingerprint density at radius 2 is 0.895 bits per heavy atom. The van der Waals surface area contributed by atoms with Crippen molar-refractivity contribution >= 4 is 43.5 Å². The molecular formula is C53H34N4. The van der Waals surface area contributed by atoms with Crippen LogP contribution in [0.5, 0.6) is 0 Å². The molecule has 266 valence electrons. The fourth-order valence-corrected chi connectivity index (χ4v) is 8.24. The highest BCUT2D eigenvalue weighted by atomic mass is 15.0. The molecule has 0 amide bonds. The van der Waals surface area contributed by atoms with Gasteiger partial charge in [-0.1, -0.05) is 158 Å². The molecule has 0 aliphatic rings. The quantitative estimate of drug-likeness (QED) is 0.160. The molecule has 0 radical (unpaired) electrons. The molecule has 57 heavy (non-hydrogen) atoms. The van der Waals surface area contributed by atoms with E-state index in [2.05, 4.69) is 174 Å². The van der Waals surface area contributed by atoms with Gasteiger partial charge in [-0.3, -0.25) is 0 Å². The van der Waals surface area contributed by atoms with E-state index in [-0.39, 0.29) is 0 Å². The Bertz CT molecular complexity index is 3210. The third-order valence-corrected chi connectivity index (χ3v) is 11.0. The van der Waals surface area contributed by atoms with Gasteiger partial charge in [-0.2, -0.15) is 0 Å². The molecule has 8 aromatic carbocycles. The first-order chi connectivity index (χ1) is 28.2. The third-order valence-electron chi connectivity index (χ3n) is 11.0. The van der Waals surface area contributed by atoms with Crippen LogP contribution in [0.3, 0.4) is 0 Å². The number of nitrogens with zero attached hydrogens (tertiary/aromatic N) is 4. The number of hydrogen-bond acceptors (Lipinski definition) is 3. The molecule has 3 heterocycles. The second kappa shape index (κ2) is 13.6. The van der Waals surface area contributed by atoms with Gasteiger partial charge in [0.1, 0.15) is 0 Å². The summed E-state index contributed by atoms with van der Waals surface area (Å²) in [5.41, 5.74) is 13.5. The second-order valence-electron chi connectivity index (χ2n) is 14.4. The van der Waals surface area contributed by atoms with E-state index in [0.29, 0.717) is 5.82 Å². The van der Waals surface area contributed by atoms with Crippen LogP contribution in [-0.4, -0.2) is 19.5 Å². The Morgan fingerprint density at radius 3 is 1.65 bits per heavy atom. The van der Waals surface area contributed by atoms with Crippen LogP contribution in [0.4, 0.5) is 0 Å². The van der Waals surface area contributed by atoms with Crippen molar-refractivity contribution in [1.29, 1.82) is 0 Å². The maximum atomic E-state index is 5.46. The van der Waals surface area contributed by atoms with Crippen molar-refractivity contribution in [2.45, 2.75) is 0 Å². The van der Waals surface area contributed by atoms with E-state index in [0.717, 1.165) is 78.0 Å². The predicted octanol–water partition coefficient (Wildman–Crippen LogP) is 13.6. The molecule has 11 aromatic rings. The van der Waals surface area contributed by atoms with Gasteiger partial charge in [0.05, 0.1) is 33.6 Å². The number of benzene rings is 8. The van der Waals surface area contributed by atoms with E-state index < -0.39 is 0 Å². The van der Waals surface area contributed by atoms with E-state index in [9.17, 15) is 0 Å². The zero-order valence-electron chi connectivity index (χ0n) is 30.9. The molecule has 3 aromatic heterocycles. The number of pyridine rings is 1. The summed E-state index contributed by atoms with van der Waals surface area (Å²) in [5.74, 6) is 0.702. The summed E-state index contributed by atoms with van der Waals surface area (Å²) in [5, 5.41) is 5.89. The van der Waals surface area contributed by atoms with Crippen LogP contribution < -0.4 is 0 Å². The average Bonchev–Trinajstić information content (AvgIpc) is 3.62. The monoisotopic (exact) mass is 726 g/mol. The zero-order chi connectivity index (χ0) is 37.7. The van der Waals surface area contributed by atoms with E-state index in [1.807, 2.05) is 36.4 Å². The van der Waals surface area contributed by atoms with Crippen LogP contribution in [0, 0.1) is 0 Å². The standard InChI is InChI=1S/C53H34N4/c1-5-16-35(17-6-1)47-34-48(56-53(55-47)37-20-9-3-10-21-37)40-23-15-22-38(30-40)39-28-29-42-44-32-45-43-26-13-14-27-50(43)57(41-24-11-4-12-25-41)51(45)33-46(44)52(54-49(42)31-39)36-18-7-2-8-19-36/h1-34H. The molecule has 0 unspecified atom stereocenters. The molecule has 0 bridgehead atoms. The Kier molecular flexibility index (Phi) is 7.78. The Hall–Kier alpha value is -7.69. The lowest BCUT2D eigenvalue weighted by atomic mass is 9.95. The van der Waals surface area contributed by atoms with E-state index in [4.69, 9.17) is 15.0 Å². The molecule has 0 fully saturated rings. The largest absolute Gasteiger partial charge is 0.309 e. The van der Waals surface area contributed by atoms with Crippen molar-refractivity contribution in [3.8, 4) is 62.0 Å². The summed E-state index contributed by atoms with van der Waals surface area (Å²) >= 11 is 0. The van der Waals surface area contributed by atoms with Gasteiger partial charge in [-0.15, -0.1) is 0 Å². The lowest BCUT2D eigenvalue weighted by Gasteiger charge is -2.14. The molecule has 0 aliphatic carbocycles. The Labute approximate surface area is 330 Å². The van der Waals surface area contributed by atoms with Crippen molar-refractivity contribution in [1.82, 2.24) is 19.5 Å². The summed E-state index contributed by atoms with van der Waals surface area (Å²) in [6, 6.07) is 72.6. The minimum absolute atomic E-state index is 0.702. The molecule has 4 heteroatoms. The van der Waals surface area contributed by atoms with Gasteiger partial charge >= 0.3 is 0 Å². The van der Waals surface area contributed by atoms with E-state index in [1.165, 1.54) is 21.7 Å². The van der Waals surface area contributed by atoms with Crippen LogP contribution in [0.2, 0.25) is 0 Å². The van der Waals surface area contributed by atoms with Crippen molar-refractivity contribution in [2.24, 2.45) is 0 Å². The minimum Gasteiger partial charge on any atom is -0.309 e. The van der Waals surface area contributed by atoms with Crippen molar-refractivity contribution < 1.29 is 0 Å². The van der Waals surface area contributed by atoms with Gasteiger partial charge in [0.2, 0.25) is 0 Å². The zero-order valence-corrected chi connectivity index (χ0v) is 30.9. The molecule has 4 nitrogen and oxygen atoms in total. The van der Waals surface area contributed by atoms with Crippen LogP contribution in [0.1, 0.15) is 0 Å². The lowest BCUT2D eigenvalue weighted by molar-refractivity contribution is 1.18. The van der Waals surface area contributed by atoms with Crippen LogP contribution in [0.15, 0.2) is 206 Å². The summed E-state index contributed by atoms with van der Waals surface area (Å²) in [4.78, 5) is 15.6. The van der Waals surface area contributed by atoms with Gasteiger partial charge in [0.15, 0.2) is 5.82 Å². The SMILES string of the molecule is c1ccc(-c2cc(-c3cccc(-c4ccc5c(c4)nc(-c4ccccc4)c4cc6c(cc45)c4ccccc4n6-c4ccccc4)c3)nc(-c3ccccc3)n2)cc1. The topological polar surface area (TPSA) is 43.6 Å². The summed E-state index contributed by atoms with van der Waals surface area (Å²) < 4.78 is 2.38. The van der Waals surface area contributed by atoms with Crippen molar-refractivity contribution in [3.63, 3.8) is 0 Å². The fraction of sp³-hybridized carbons (Fsp3) is 0. The highest BCUT2D eigenvalue weighted by Crippen LogP contribution is 2.41. The van der Waals surface area contributed by atoms with Crippen molar-refractivity contribution in [3.05, 3.63) is 206 Å². The van der Waals surface area contributed by atoms with Gasteiger partial charge in [-0.25, -0.2) is 15.0 Å². The van der Waals surface area contributed by atoms with Crippen LogP contribution in [0.25, 0.3) is 105 Å². The summed E-state index contributed by atoms with van der Waals surface area (Å²) in [6.07, 6.45) is 0. The second-order valence-corrected chi connectivity index (χ2v) is 14.4. The number of aromatic nitrogens is 4. The highest BCUT2D eigenvalue weighted by molar-refractivity contribution is 6.20. The van der Waals surface area contributed by atoms with Gasteiger partial charge < -0.3 is 4.57 Å². The Morgan fingerprint density at radius 1 is 0.298 bits per heavy atom. The number of para-hydroxylation sites is 2. The summed E-state index contributed by atoms with van der Waals surface area (Å²) in [7, 11) is 0. The molecular weight excluding hydrogens is 693 g/mol. The van der Waals surface area contributed by atoms with Gasteiger partial charge in [0, 0.05) is 49.5 Å². The van der Waals surface area contributed by atoms with Crippen LogP contribution >= 0.6 is 0 Å². The summed E-state index contributed by atoms with van der Waals surface area (Å²) in [6.45, 7) is 0. The maximum Gasteiger partial charge on any atom is 0.160 e. The molecule has 0 N–H and O–H groups in total. The first-order valence-electron chi connectivity index (χ1n) is 19.3. The Balaban J connectivity index is 1.10. The van der Waals surface area contributed by atoms with Crippen LogP contribution in [-0.2, 0) is 0 Å². The highest BCUT2D eigenvalue weighted by Gasteiger charge is 2.18. The fourth-order valence-electron chi connectivity index (χ4n) is 8.24.